The molecule has 0 rings (SSSR count). The first-order chi connectivity index (χ1) is 9.63. The van der Waals surface area contributed by atoms with Gasteiger partial charge in [0.05, 0.1) is 6.61 Å². The van der Waals surface area contributed by atoms with E-state index in [-0.39, 0.29) is 5.97 Å². The summed E-state index contributed by atoms with van der Waals surface area (Å²) in [7, 11) is 0. The first kappa shape index (κ1) is 19.1. The van der Waals surface area contributed by atoms with Gasteiger partial charge in [0.15, 0.2) is 0 Å². The van der Waals surface area contributed by atoms with Crippen molar-refractivity contribution in [2.75, 3.05) is 6.61 Å². The summed E-state index contributed by atoms with van der Waals surface area (Å²) >= 11 is 0. The maximum absolute atomic E-state index is 10.8. The van der Waals surface area contributed by atoms with Gasteiger partial charge in [-0.25, -0.2) is 0 Å². The van der Waals surface area contributed by atoms with Gasteiger partial charge in [-0.3, -0.25) is 4.79 Å². The van der Waals surface area contributed by atoms with Crippen molar-refractivity contribution in [3.05, 3.63) is 0 Å². The molecule has 0 heterocycles. The SMILES string of the molecule is CC(=O)CCCCCCCCCCCCCOC(C)=O. The molecule has 0 amide bonds. The summed E-state index contributed by atoms with van der Waals surface area (Å²) in [6.45, 7) is 3.71. The summed E-state index contributed by atoms with van der Waals surface area (Å²) in [5.74, 6) is 0.145. The van der Waals surface area contributed by atoms with Crippen molar-refractivity contribution in [2.45, 2.75) is 90.9 Å². The summed E-state index contributed by atoms with van der Waals surface area (Å²) in [4.78, 5) is 21.3. The van der Waals surface area contributed by atoms with Crippen molar-refractivity contribution in [2.24, 2.45) is 0 Å². The molecule has 0 saturated heterocycles. The van der Waals surface area contributed by atoms with Crippen LogP contribution in [0.4, 0.5) is 0 Å². The molecule has 20 heavy (non-hydrogen) atoms. The number of ether oxygens (including phenoxy) is 1. The molecule has 0 spiro atoms. The highest BCUT2D eigenvalue weighted by atomic mass is 16.5. The molecule has 0 aromatic heterocycles. The minimum Gasteiger partial charge on any atom is -0.466 e. The molecule has 0 aromatic carbocycles. The highest BCUT2D eigenvalue weighted by Gasteiger charge is 1.96. The molecule has 0 aliphatic rings. The predicted octanol–water partition coefficient (Wildman–Crippen LogP) is 4.82. The lowest BCUT2D eigenvalue weighted by molar-refractivity contribution is -0.141. The van der Waals surface area contributed by atoms with E-state index in [1.165, 1.54) is 64.7 Å². The van der Waals surface area contributed by atoms with Crippen LogP contribution in [-0.2, 0) is 14.3 Å². The molecule has 0 aliphatic heterocycles. The molecule has 0 bridgehead atoms. The third kappa shape index (κ3) is 17.1. The van der Waals surface area contributed by atoms with Crippen LogP contribution in [0.2, 0.25) is 0 Å². The highest BCUT2D eigenvalue weighted by Crippen LogP contribution is 2.12. The van der Waals surface area contributed by atoms with Crippen LogP contribution in [-0.4, -0.2) is 18.4 Å². The molecule has 0 aliphatic carbocycles. The lowest BCUT2D eigenvalue weighted by atomic mass is 10.0. The third-order valence-electron chi connectivity index (χ3n) is 3.48. The Labute approximate surface area is 124 Å². The Morgan fingerprint density at radius 3 is 1.45 bits per heavy atom. The van der Waals surface area contributed by atoms with Gasteiger partial charge in [-0.05, 0) is 19.8 Å². The average Bonchev–Trinajstić information content (AvgIpc) is 2.38. The Morgan fingerprint density at radius 1 is 0.650 bits per heavy atom. The number of carbonyl (C=O) groups is 2. The number of Topliss-reactive ketones (excluding diaryl/α,β-unsaturated/α-hetero) is 1. The van der Waals surface area contributed by atoms with Crippen molar-refractivity contribution in [3.63, 3.8) is 0 Å². The average molecular weight is 284 g/mol. The molecular formula is C17H32O3. The fraction of sp³-hybridized carbons (Fsp3) is 0.882. The molecule has 3 nitrogen and oxygen atoms in total. The second-order valence-electron chi connectivity index (χ2n) is 5.68. The second-order valence-corrected chi connectivity index (χ2v) is 5.68. The monoisotopic (exact) mass is 284 g/mol. The lowest BCUT2D eigenvalue weighted by Crippen LogP contribution is -2.00. The van der Waals surface area contributed by atoms with Crippen LogP contribution in [0.1, 0.15) is 90.9 Å². The summed E-state index contributed by atoms with van der Waals surface area (Å²) in [5, 5.41) is 0. The zero-order valence-electron chi connectivity index (χ0n) is 13.4. The number of esters is 1. The molecule has 0 radical (unpaired) electrons. The van der Waals surface area contributed by atoms with E-state index >= 15 is 0 Å². The maximum Gasteiger partial charge on any atom is 0.302 e. The maximum atomic E-state index is 10.8. The number of carbonyl (C=O) groups excluding carboxylic acids is 2. The van der Waals surface area contributed by atoms with Crippen LogP contribution >= 0.6 is 0 Å². The van der Waals surface area contributed by atoms with Crippen LogP contribution in [0.3, 0.4) is 0 Å². The molecule has 0 fully saturated rings. The molecule has 0 saturated carbocycles. The van der Waals surface area contributed by atoms with E-state index in [4.69, 9.17) is 4.74 Å². The Bertz CT molecular complexity index is 223. The first-order valence-electron chi connectivity index (χ1n) is 8.25. The van der Waals surface area contributed by atoms with Gasteiger partial charge in [0.2, 0.25) is 0 Å². The highest BCUT2D eigenvalue weighted by molar-refractivity contribution is 5.75. The number of ketones is 1. The lowest BCUT2D eigenvalue weighted by Gasteiger charge is -2.03. The van der Waals surface area contributed by atoms with Crippen molar-refractivity contribution in [1.29, 1.82) is 0 Å². The zero-order valence-corrected chi connectivity index (χ0v) is 13.4. The molecule has 118 valence electrons. The number of unbranched alkanes of at least 4 members (excludes halogenated alkanes) is 10. The second kappa shape index (κ2) is 14.5. The Balaban J connectivity index is 2.99. The quantitative estimate of drug-likeness (QED) is 0.339. The van der Waals surface area contributed by atoms with Crippen LogP contribution < -0.4 is 0 Å². The van der Waals surface area contributed by atoms with E-state index in [2.05, 4.69) is 0 Å². The van der Waals surface area contributed by atoms with Crippen LogP contribution in [0.5, 0.6) is 0 Å². The fourth-order valence-electron chi connectivity index (χ4n) is 2.28. The Hall–Kier alpha value is -0.860. The summed E-state index contributed by atoms with van der Waals surface area (Å²) in [5.41, 5.74) is 0. The standard InChI is InChI=1S/C17H32O3/c1-16(18)14-12-10-8-6-4-3-5-7-9-11-13-15-20-17(2)19/h3-15H2,1-2H3. The van der Waals surface area contributed by atoms with E-state index < -0.39 is 0 Å². The minimum absolute atomic E-state index is 0.173. The molecule has 0 N–H and O–H groups in total. The van der Waals surface area contributed by atoms with Crippen molar-refractivity contribution in [3.8, 4) is 0 Å². The number of rotatable bonds is 14. The molecule has 0 atom stereocenters. The van der Waals surface area contributed by atoms with Gasteiger partial charge in [-0.1, -0.05) is 57.8 Å². The zero-order chi connectivity index (χ0) is 15.1. The minimum atomic E-state index is -0.173. The van der Waals surface area contributed by atoms with Crippen LogP contribution in [0, 0.1) is 0 Å². The smallest absolute Gasteiger partial charge is 0.302 e. The topological polar surface area (TPSA) is 43.4 Å². The third-order valence-corrected chi connectivity index (χ3v) is 3.48. The number of hydrogen-bond donors (Lipinski definition) is 0. The van der Waals surface area contributed by atoms with Crippen LogP contribution in [0.15, 0.2) is 0 Å². The normalized spacial score (nSPS) is 10.5. The van der Waals surface area contributed by atoms with E-state index in [1.807, 2.05) is 0 Å². The van der Waals surface area contributed by atoms with Gasteiger partial charge in [0.25, 0.3) is 0 Å². The van der Waals surface area contributed by atoms with Gasteiger partial charge in [0.1, 0.15) is 5.78 Å². The van der Waals surface area contributed by atoms with Gasteiger partial charge in [-0.15, -0.1) is 0 Å². The predicted molar refractivity (Wildman–Crippen MR) is 82.7 cm³/mol. The van der Waals surface area contributed by atoms with Crippen molar-refractivity contribution >= 4 is 11.8 Å². The van der Waals surface area contributed by atoms with E-state index in [1.54, 1.807) is 6.92 Å². The summed E-state index contributed by atoms with van der Waals surface area (Å²) in [6, 6.07) is 0. The summed E-state index contributed by atoms with van der Waals surface area (Å²) in [6.07, 6.45) is 14.3. The Morgan fingerprint density at radius 2 is 1.05 bits per heavy atom. The first-order valence-corrected chi connectivity index (χ1v) is 8.25. The van der Waals surface area contributed by atoms with Crippen molar-refractivity contribution < 1.29 is 14.3 Å². The van der Waals surface area contributed by atoms with Crippen molar-refractivity contribution in [1.82, 2.24) is 0 Å². The van der Waals surface area contributed by atoms with Gasteiger partial charge in [-0.2, -0.15) is 0 Å². The molecule has 3 heteroatoms. The largest absolute Gasteiger partial charge is 0.466 e. The van der Waals surface area contributed by atoms with Gasteiger partial charge < -0.3 is 9.53 Å². The van der Waals surface area contributed by atoms with Gasteiger partial charge in [0, 0.05) is 13.3 Å². The molecule has 0 aromatic rings. The van der Waals surface area contributed by atoms with Crippen LogP contribution in [0.25, 0.3) is 0 Å². The molecular weight excluding hydrogens is 252 g/mol. The number of hydrogen-bond acceptors (Lipinski definition) is 3. The Kier molecular flexibility index (Phi) is 13.9. The molecule has 0 unspecified atom stereocenters. The van der Waals surface area contributed by atoms with E-state index in [0.717, 1.165) is 19.3 Å². The van der Waals surface area contributed by atoms with E-state index in [9.17, 15) is 9.59 Å². The summed E-state index contributed by atoms with van der Waals surface area (Å²) < 4.78 is 4.89. The van der Waals surface area contributed by atoms with E-state index in [0.29, 0.717) is 12.4 Å². The fourth-order valence-corrected chi connectivity index (χ4v) is 2.28. The van der Waals surface area contributed by atoms with Gasteiger partial charge >= 0.3 is 5.97 Å².